The summed E-state index contributed by atoms with van der Waals surface area (Å²) >= 11 is 0. The zero-order valence-corrected chi connectivity index (χ0v) is 15.9. The van der Waals surface area contributed by atoms with Crippen LogP contribution in [0.15, 0.2) is 54.7 Å². The Balaban J connectivity index is 1.82. The third-order valence-corrected chi connectivity index (χ3v) is 4.37. The number of rotatable bonds is 6. The highest BCUT2D eigenvalue weighted by atomic mass is 16.1. The van der Waals surface area contributed by atoms with E-state index in [-0.39, 0.29) is 11.6 Å². The number of carbonyl (C=O) groups is 1. The summed E-state index contributed by atoms with van der Waals surface area (Å²) in [6.07, 6.45) is 3.19. The van der Waals surface area contributed by atoms with E-state index in [4.69, 9.17) is 5.26 Å². The standard InChI is InChI=1S/C22H21N5O/c1-3-16-8-6-9-17(4-2)20(16)27-21(28)19-11-12-24-22(26-19)25-18-10-5-7-15(13-18)14-23/h5-13H,3-4H2,1-2H3,(H,27,28)(H,24,25,26). The second-order valence-electron chi connectivity index (χ2n) is 6.20. The van der Waals surface area contributed by atoms with Crippen LogP contribution in [-0.2, 0) is 12.8 Å². The van der Waals surface area contributed by atoms with Gasteiger partial charge >= 0.3 is 0 Å². The minimum absolute atomic E-state index is 0.266. The molecule has 6 heteroatoms. The van der Waals surface area contributed by atoms with Crippen molar-refractivity contribution in [1.29, 1.82) is 5.26 Å². The third kappa shape index (κ3) is 4.33. The average Bonchev–Trinajstić information content (AvgIpc) is 2.74. The van der Waals surface area contributed by atoms with E-state index in [1.165, 1.54) is 6.20 Å². The number of nitrogens with one attached hydrogen (secondary N) is 2. The van der Waals surface area contributed by atoms with Crippen LogP contribution in [0.4, 0.5) is 17.3 Å². The number of anilines is 3. The first-order valence-electron chi connectivity index (χ1n) is 9.17. The Kier molecular flexibility index (Phi) is 5.97. The molecule has 140 valence electrons. The fourth-order valence-electron chi connectivity index (χ4n) is 2.92. The van der Waals surface area contributed by atoms with Crippen molar-refractivity contribution in [3.63, 3.8) is 0 Å². The molecule has 0 saturated carbocycles. The van der Waals surface area contributed by atoms with Crippen LogP contribution in [0.25, 0.3) is 0 Å². The number of hydrogen-bond acceptors (Lipinski definition) is 5. The van der Waals surface area contributed by atoms with Gasteiger partial charge in [-0.2, -0.15) is 5.26 Å². The first-order valence-corrected chi connectivity index (χ1v) is 9.17. The molecule has 0 atom stereocenters. The number of nitrogens with zero attached hydrogens (tertiary/aromatic N) is 3. The molecule has 3 rings (SSSR count). The van der Waals surface area contributed by atoms with E-state index in [2.05, 4.69) is 40.5 Å². The molecule has 0 bridgehead atoms. The molecule has 0 aliphatic rings. The van der Waals surface area contributed by atoms with Crippen molar-refractivity contribution < 1.29 is 4.79 Å². The van der Waals surface area contributed by atoms with Gasteiger partial charge in [-0.05, 0) is 48.2 Å². The van der Waals surface area contributed by atoms with Crippen molar-refractivity contribution in [3.8, 4) is 6.07 Å². The number of hydrogen-bond donors (Lipinski definition) is 2. The summed E-state index contributed by atoms with van der Waals surface area (Å²) in [7, 11) is 0. The maximum atomic E-state index is 12.8. The molecule has 3 aromatic rings. The van der Waals surface area contributed by atoms with Crippen molar-refractivity contribution in [2.24, 2.45) is 0 Å². The molecule has 0 spiro atoms. The highest BCUT2D eigenvalue weighted by molar-refractivity contribution is 6.03. The second-order valence-corrected chi connectivity index (χ2v) is 6.20. The predicted octanol–water partition coefficient (Wildman–Crippen LogP) is 4.47. The van der Waals surface area contributed by atoms with Gasteiger partial charge in [0.15, 0.2) is 0 Å². The molecule has 1 heterocycles. The number of nitriles is 1. The molecule has 0 aliphatic carbocycles. The smallest absolute Gasteiger partial charge is 0.274 e. The molecule has 2 aromatic carbocycles. The Labute approximate surface area is 164 Å². The number of amides is 1. The Morgan fingerprint density at radius 1 is 1.07 bits per heavy atom. The zero-order chi connectivity index (χ0) is 19.9. The quantitative estimate of drug-likeness (QED) is 0.667. The van der Waals surface area contributed by atoms with Gasteiger partial charge in [0.25, 0.3) is 5.91 Å². The number of carbonyl (C=O) groups excluding carboxylic acids is 1. The molecule has 0 radical (unpaired) electrons. The minimum atomic E-state index is -0.285. The number of para-hydroxylation sites is 1. The van der Waals surface area contributed by atoms with E-state index in [0.717, 1.165) is 29.7 Å². The highest BCUT2D eigenvalue weighted by Gasteiger charge is 2.14. The van der Waals surface area contributed by atoms with Crippen LogP contribution in [-0.4, -0.2) is 15.9 Å². The molecular weight excluding hydrogens is 350 g/mol. The summed E-state index contributed by atoms with van der Waals surface area (Å²) in [5.74, 6) is 0.00839. The van der Waals surface area contributed by atoms with Gasteiger partial charge in [0.1, 0.15) is 5.69 Å². The summed E-state index contributed by atoms with van der Waals surface area (Å²) in [4.78, 5) is 21.3. The molecule has 0 saturated heterocycles. The van der Waals surface area contributed by atoms with E-state index in [0.29, 0.717) is 17.2 Å². The summed E-state index contributed by atoms with van der Waals surface area (Å²) in [6, 6.07) is 16.7. The van der Waals surface area contributed by atoms with Crippen LogP contribution in [0.5, 0.6) is 0 Å². The van der Waals surface area contributed by atoms with E-state index in [9.17, 15) is 4.79 Å². The van der Waals surface area contributed by atoms with Crippen molar-refractivity contribution in [2.45, 2.75) is 26.7 Å². The van der Waals surface area contributed by atoms with Crippen molar-refractivity contribution in [3.05, 3.63) is 77.1 Å². The lowest BCUT2D eigenvalue weighted by atomic mass is 10.0. The van der Waals surface area contributed by atoms with Gasteiger partial charge in [-0.25, -0.2) is 9.97 Å². The Hall–Kier alpha value is -3.72. The molecule has 2 N–H and O–H groups in total. The molecule has 0 unspecified atom stereocenters. The lowest BCUT2D eigenvalue weighted by Gasteiger charge is -2.14. The maximum absolute atomic E-state index is 12.8. The number of aromatic nitrogens is 2. The van der Waals surface area contributed by atoms with Crippen molar-refractivity contribution in [2.75, 3.05) is 10.6 Å². The van der Waals surface area contributed by atoms with Crippen molar-refractivity contribution >= 4 is 23.2 Å². The lowest BCUT2D eigenvalue weighted by Crippen LogP contribution is -2.17. The zero-order valence-electron chi connectivity index (χ0n) is 15.9. The minimum Gasteiger partial charge on any atom is -0.324 e. The molecular formula is C22H21N5O. The molecule has 1 amide bonds. The molecule has 0 fully saturated rings. The first-order chi connectivity index (χ1) is 13.6. The maximum Gasteiger partial charge on any atom is 0.274 e. The fraction of sp³-hybridized carbons (Fsp3) is 0.182. The van der Waals surface area contributed by atoms with Gasteiger partial charge in [-0.1, -0.05) is 38.1 Å². The van der Waals surface area contributed by atoms with Crippen LogP contribution in [0.2, 0.25) is 0 Å². The molecule has 0 aliphatic heterocycles. The van der Waals surface area contributed by atoms with Gasteiger partial charge in [0.05, 0.1) is 11.6 Å². The average molecular weight is 371 g/mol. The van der Waals surface area contributed by atoms with Crippen LogP contribution in [0.3, 0.4) is 0 Å². The van der Waals surface area contributed by atoms with Crippen LogP contribution >= 0.6 is 0 Å². The number of aryl methyl sites for hydroxylation is 2. The lowest BCUT2D eigenvalue weighted by molar-refractivity contribution is 0.102. The molecule has 28 heavy (non-hydrogen) atoms. The largest absolute Gasteiger partial charge is 0.324 e. The van der Waals surface area contributed by atoms with E-state index < -0.39 is 0 Å². The van der Waals surface area contributed by atoms with Gasteiger partial charge in [0.2, 0.25) is 5.95 Å². The Morgan fingerprint density at radius 2 is 1.79 bits per heavy atom. The van der Waals surface area contributed by atoms with Gasteiger partial charge in [0, 0.05) is 17.6 Å². The molecule has 1 aromatic heterocycles. The van der Waals surface area contributed by atoms with E-state index in [1.807, 2.05) is 24.3 Å². The third-order valence-electron chi connectivity index (χ3n) is 4.37. The van der Waals surface area contributed by atoms with E-state index in [1.54, 1.807) is 24.3 Å². The predicted molar refractivity (Wildman–Crippen MR) is 110 cm³/mol. The topological polar surface area (TPSA) is 90.7 Å². The summed E-state index contributed by atoms with van der Waals surface area (Å²) in [5.41, 5.74) is 4.51. The van der Waals surface area contributed by atoms with Crippen LogP contribution in [0, 0.1) is 11.3 Å². The second kappa shape index (κ2) is 8.78. The summed E-state index contributed by atoms with van der Waals surface area (Å²) < 4.78 is 0. The van der Waals surface area contributed by atoms with Gasteiger partial charge in [-0.3, -0.25) is 4.79 Å². The SMILES string of the molecule is CCc1cccc(CC)c1NC(=O)c1ccnc(Nc2cccc(C#N)c2)n1. The Bertz CT molecular complexity index is 1020. The van der Waals surface area contributed by atoms with Crippen LogP contribution < -0.4 is 10.6 Å². The highest BCUT2D eigenvalue weighted by Crippen LogP contribution is 2.23. The monoisotopic (exact) mass is 371 g/mol. The summed E-state index contributed by atoms with van der Waals surface area (Å²) in [5, 5.41) is 15.0. The summed E-state index contributed by atoms with van der Waals surface area (Å²) in [6.45, 7) is 4.12. The first kappa shape index (κ1) is 19.1. The van der Waals surface area contributed by atoms with Crippen LogP contribution in [0.1, 0.15) is 41.0 Å². The van der Waals surface area contributed by atoms with Crippen molar-refractivity contribution in [1.82, 2.24) is 9.97 Å². The normalized spacial score (nSPS) is 10.2. The van der Waals surface area contributed by atoms with Gasteiger partial charge < -0.3 is 10.6 Å². The Morgan fingerprint density at radius 3 is 2.46 bits per heavy atom. The molecule has 6 nitrogen and oxygen atoms in total. The number of benzene rings is 2. The fourth-order valence-corrected chi connectivity index (χ4v) is 2.92. The van der Waals surface area contributed by atoms with E-state index >= 15 is 0 Å². The van der Waals surface area contributed by atoms with Gasteiger partial charge in [-0.15, -0.1) is 0 Å².